The van der Waals surface area contributed by atoms with Crippen molar-refractivity contribution in [3.63, 3.8) is 0 Å². The van der Waals surface area contributed by atoms with Crippen LogP contribution < -0.4 is 5.32 Å². The van der Waals surface area contributed by atoms with Crippen LogP contribution >= 0.6 is 0 Å². The zero-order chi connectivity index (χ0) is 11.4. The summed E-state index contributed by atoms with van der Waals surface area (Å²) in [6, 6.07) is 9.71. The number of nitriles is 1. The Morgan fingerprint density at radius 3 is 2.75 bits per heavy atom. The van der Waals surface area contributed by atoms with Crippen molar-refractivity contribution in [2.45, 2.75) is 31.4 Å². The van der Waals surface area contributed by atoms with Crippen LogP contribution in [0.5, 0.6) is 0 Å². The summed E-state index contributed by atoms with van der Waals surface area (Å²) >= 11 is 0. The second-order valence-corrected chi connectivity index (χ2v) is 4.45. The molecule has 2 N–H and O–H groups in total. The highest BCUT2D eigenvalue weighted by Gasteiger charge is 2.33. The fourth-order valence-corrected chi connectivity index (χ4v) is 1.98. The second kappa shape index (κ2) is 4.65. The third-order valence-corrected chi connectivity index (χ3v) is 3.19. The van der Waals surface area contributed by atoms with E-state index in [2.05, 4.69) is 11.4 Å². The van der Waals surface area contributed by atoms with Gasteiger partial charge in [-0.1, -0.05) is 18.2 Å². The smallest absolute Gasteiger partial charge is 0.0995 e. The molecule has 0 aromatic heterocycles. The van der Waals surface area contributed by atoms with E-state index >= 15 is 0 Å². The largest absolute Gasteiger partial charge is 0.389 e. The molecular weight excluding hydrogens is 200 g/mol. The zero-order valence-corrected chi connectivity index (χ0v) is 9.24. The average Bonchev–Trinajstić information content (AvgIpc) is 2.27. The van der Waals surface area contributed by atoms with Crippen LogP contribution in [0.3, 0.4) is 0 Å². The molecule has 0 bridgehead atoms. The van der Waals surface area contributed by atoms with E-state index in [0.29, 0.717) is 18.7 Å². The summed E-state index contributed by atoms with van der Waals surface area (Å²) in [5, 5.41) is 22.0. The summed E-state index contributed by atoms with van der Waals surface area (Å²) in [5.41, 5.74) is 1.20. The lowest BCUT2D eigenvalue weighted by Gasteiger charge is -2.36. The number of hydrogen-bond acceptors (Lipinski definition) is 3. The summed E-state index contributed by atoms with van der Waals surface area (Å²) in [6.07, 6.45) is 2.90. The van der Waals surface area contributed by atoms with E-state index in [-0.39, 0.29) is 0 Å². The van der Waals surface area contributed by atoms with Crippen molar-refractivity contribution in [3.05, 3.63) is 35.4 Å². The highest BCUT2D eigenvalue weighted by molar-refractivity contribution is 5.37. The number of hydrogen-bond donors (Lipinski definition) is 2. The van der Waals surface area contributed by atoms with Gasteiger partial charge in [-0.25, -0.2) is 0 Å². The van der Waals surface area contributed by atoms with E-state index in [9.17, 15) is 5.11 Å². The first-order valence-electron chi connectivity index (χ1n) is 5.65. The van der Waals surface area contributed by atoms with Crippen LogP contribution in [0.15, 0.2) is 24.3 Å². The molecule has 0 aliphatic heterocycles. The summed E-state index contributed by atoms with van der Waals surface area (Å²) in [5.74, 6) is 0. The minimum absolute atomic E-state index is 0.498. The molecule has 84 valence electrons. The molecule has 1 aromatic rings. The number of aliphatic hydroxyl groups is 1. The normalized spacial score (nSPS) is 17.5. The van der Waals surface area contributed by atoms with Gasteiger partial charge >= 0.3 is 0 Å². The summed E-state index contributed by atoms with van der Waals surface area (Å²) in [4.78, 5) is 0. The minimum Gasteiger partial charge on any atom is -0.389 e. The van der Waals surface area contributed by atoms with Gasteiger partial charge in [-0.15, -0.1) is 0 Å². The van der Waals surface area contributed by atoms with E-state index in [4.69, 9.17) is 5.26 Å². The van der Waals surface area contributed by atoms with Crippen molar-refractivity contribution >= 4 is 0 Å². The highest BCUT2D eigenvalue weighted by atomic mass is 16.3. The Kier molecular flexibility index (Phi) is 3.23. The van der Waals surface area contributed by atoms with Crippen LogP contribution in [0, 0.1) is 11.3 Å². The molecule has 16 heavy (non-hydrogen) atoms. The first-order chi connectivity index (χ1) is 7.73. The van der Waals surface area contributed by atoms with Gasteiger partial charge < -0.3 is 10.4 Å². The van der Waals surface area contributed by atoms with E-state index in [1.54, 1.807) is 0 Å². The molecule has 0 radical (unpaired) electrons. The van der Waals surface area contributed by atoms with Gasteiger partial charge in [-0.2, -0.15) is 5.26 Å². The monoisotopic (exact) mass is 216 g/mol. The summed E-state index contributed by atoms with van der Waals surface area (Å²) in [7, 11) is 0. The van der Waals surface area contributed by atoms with Crippen molar-refractivity contribution in [1.29, 1.82) is 5.26 Å². The standard InChI is InChI=1S/C13H16N2O/c14-8-11-4-1-2-5-12(11)9-15-10-13(16)6-3-7-13/h1-2,4-5,15-16H,3,6-7,9-10H2. The van der Waals surface area contributed by atoms with Gasteiger partial charge in [0.15, 0.2) is 0 Å². The predicted molar refractivity (Wildman–Crippen MR) is 61.7 cm³/mol. The Morgan fingerprint density at radius 1 is 1.38 bits per heavy atom. The Labute approximate surface area is 95.7 Å². The Morgan fingerprint density at radius 2 is 2.12 bits per heavy atom. The van der Waals surface area contributed by atoms with Crippen LogP contribution in [0.2, 0.25) is 0 Å². The van der Waals surface area contributed by atoms with Crippen LogP contribution in [-0.2, 0) is 6.54 Å². The van der Waals surface area contributed by atoms with Crippen molar-refractivity contribution in [2.24, 2.45) is 0 Å². The molecule has 0 saturated heterocycles. The van der Waals surface area contributed by atoms with Crippen LogP contribution in [0.1, 0.15) is 30.4 Å². The first kappa shape index (κ1) is 11.1. The molecule has 1 aliphatic rings. The third kappa shape index (κ3) is 2.41. The van der Waals surface area contributed by atoms with Gasteiger partial charge in [0.2, 0.25) is 0 Å². The van der Waals surface area contributed by atoms with Gasteiger partial charge in [-0.05, 0) is 30.9 Å². The summed E-state index contributed by atoms with van der Waals surface area (Å²) in [6.45, 7) is 1.26. The average molecular weight is 216 g/mol. The highest BCUT2D eigenvalue weighted by Crippen LogP contribution is 2.30. The predicted octanol–water partition coefficient (Wildman–Crippen LogP) is 1.56. The molecule has 3 nitrogen and oxygen atoms in total. The zero-order valence-electron chi connectivity index (χ0n) is 9.24. The van der Waals surface area contributed by atoms with E-state index in [1.165, 1.54) is 0 Å². The molecular formula is C13H16N2O. The fraction of sp³-hybridized carbons (Fsp3) is 0.462. The third-order valence-electron chi connectivity index (χ3n) is 3.19. The number of rotatable bonds is 4. The molecule has 1 aromatic carbocycles. The van der Waals surface area contributed by atoms with Crippen molar-refractivity contribution < 1.29 is 5.11 Å². The van der Waals surface area contributed by atoms with Gasteiger partial charge in [0.1, 0.15) is 0 Å². The van der Waals surface area contributed by atoms with E-state index in [1.807, 2.05) is 24.3 Å². The summed E-state index contributed by atoms with van der Waals surface area (Å²) < 4.78 is 0. The van der Waals surface area contributed by atoms with Crippen molar-refractivity contribution in [3.8, 4) is 6.07 Å². The maximum Gasteiger partial charge on any atom is 0.0995 e. The second-order valence-electron chi connectivity index (χ2n) is 4.45. The van der Waals surface area contributed by atoms with Crippen LogP contribution in [0.4, 0.5) is 0 Å². The molecule has 0 atom stereocenters. The first-order valence-corrected chi connectivity index (χ1v) is 5.65. The quantitative estimate of drug-likeness (QED) is 0.803. The number of nitrogens with one attached hydrogen (secondary N) is 1. The van der Waals surface area contributed by atoms with Gasteiger partial charge in [0.05, 0.1) is 17.2 Å². The lowest BCUT2D eigenvalue weighted by Crippen LogP contribution is -2.46. The Bertz CT molecular complexity index is 405. The Hall–Kier alpha value is -1.37. The Balaban J connectivity index is 1.87. The topological polar surface area (TPSA) is 56.0 Å². The molecule has 3 heteroatoms. The molecule has 0 unspecified atom stereocenters. The number of nitrogens with zero attached hydrogens (tertiary/aromatic N) is 1. The van der Waals surface area contributed by atoms with Gasteiger partial charge in [-0.3, -0.25) is 0 Å². The molecule has 0 spiro atoms. The van der Waals surface area contributed by atoms with Gasteiger partial charge in [0.25, 0.3) is 0 Å². The molecule has 0 heterocycles. The molecule has 1 saturated carbocycles. The van der Waals surface area contributed by atoms with E-state index in [0.717, 1.165) is 24.8 Å². The van der Waals surface area contributed by atoms with Gasteiger partial charge in [0, 0.05) is 13.1 Å². The minimum atomic E-state index is -0.498. The fourth-order valence-electron chi connectivity index (χ4n) is 1.98. The molecule has 1 aliphatic carbocycles. The van der Waals surface area contributed by atoms with Crippen LogP contribution in [0.25, 0.3) is 0 Å². The molecule has 0 amide bonds. The van der Waals surface area contributed by atoms with E-state index < -0.39 is 5.60 Å². The number of benzene rings is 1. The van der Waals surface area contributed by atoms with Crippen LogP contribution in [-0.4, -0.2) is 17.3 Å². The maximum atomic E-state index is 9.89. The van der Waals surface area contributed by atoms with Crippen molar-refractivity contribution in [2.75, 3.05) is 6.54 Å². The lowest BCUT2D eigenvalue weighted by atomic mass is 9.80. The molecule has 1 fully saturated rings. The maximum absolute atomic E-state index is 9.89. The molecule has 2 rings (SSSR count). The SMILES string of the molecule is N#Cc1ccccc1CNCC1(O)CCC1. The lowest BCUT2D eigenvalue weighted by molar-refractivity contribution is -0.0314. The van der Waals surface area contributed by atoms with Crippen molar-refractivity contribution in [1.82, 2.24) is 5.32 Å².